The molecule has 0 saturated carbocycles. The maximum atomic E-state index is 3.93. The summed E-state index contributed by atoms with van der Waals surface area (Å²) < 4.78 is 0. The molecule has 0 amide bonds. The minimum atomic E-state index is 0.192. The van der Waals surface area contributed by atoms with Crippen LogP contribution < -0.4 is 5.32 Å². The van der Waals surface area contributed by atoms with Crippen LogP contribution in [0.2, 0.25) is 0 Å². The lowest BCUT2D eigenvalue weighted by molar-refractivity contribution is 0.149. The van der Waals surface area contributed by atoms with Crippen molar-refractivity contribution in [2.75, 3.05) is 0 Å². The molecule has 0 radical (unpaired) electrons. The Morgan fingerprint density at radius 3 is 1.71 bits per heavy atom. The maximum Gasteiger partial charge on any atom is 0.0103 e. The minimum Gasteiger partial charge on any atom is -0.309 e. The Morgan fingerprint density at radius 2 is 1.38 bits per heavy atom. The van der Waals surface area contributed by atoms with E-state index in [2.05, 4.69) is 74.6 Å². The summed E-state index contributed by atoms with van der Waals surface area (Å²) in [5.74, 6) is 0.715. The van der Waals surface area contributed by atoms with Crippen LogP contribution in [-0.2, 0) is 0 Å². The Morgan fingerprint density at radius 1 is 0.857 bits per heavy atom. The molecule has 0 aromatic heterocycles. The zero-order valence-electron chi connectivity index (χ0n) is 16.7. The van der Waals surface area contributed by atoms with Crippen LogP contribution in [0.3, 0.4) is 0 Å². The topological polar surface area (TPSA) is 12.0 Å². The lowest BCUT2D eigenvalue weighted by Gasteiger charge is -2.40. The molecule has 1 nitrogen and oxygen atoms in total. The Bertz CT molecular complexity index is 281. The predicted molar refractivity (Wildman–Crippen MR) is 97.8 cm³/mol. The largest absolute Gasteiger partial charge is 0.309 e. The van der Waals surface area contributed by atoms with Gasteiger partial charge in [0.2, 0.25) is 0 Å². The van der Waals surface area contributed by atoms with E-state index in [0.29, 0.717) is 22.8 Å². The number of nitrogens with one attached hydrogen (secondary N) is 1. The first kappa shape index (κ1) is 21.0. The first-order valence-corrected chi connectivity index (χ1v) is 9.09. The van der Waals surface area contributed by atoms with E-state index in [9.17, 15) is 0 Å². The summed E-state index contributed by atoms with van der Waals surface area (Å²) >= 11 is 0. The molecular weight excluding hydrogens is 254 g/mol. The molecule has 3 atom stereocenters. The normalized spacial score (nSPS) is 19.1. The third-order valence-electron chi connectivity index (χ3n) is 4.66. The van der Waals surface area contributed by atoms with Crippen LogP contribution in [0.25, 0.3) is 0 Å². The van der Waals surface area contributed by atoms with Crippen molar-refractivity contribution in [3.05, 3.63) is 0 Å². The fraction of sp³-hybridized carbons (Fsp3) is 1.00. The Labute approximate surface area is 135 Å². The molecule has 0 aromatic carbocycles. The third kappa shape index (κ3) is 9.55. The molecule has 0 fully saturated rings. The van der Waals surface area contributed by atoms with Crippen LogP contribution >= 0.6 is 0 Å². The second-order valence-electron chi connectivity index (χ2n) is 9.86. The number of hydrogen-bond acceptors (Lipinski definition) is 1. The monoisotopic (exact) mass is 297 g/mol. The SMILES string of the molecule is CCCC(C)(CC)CC(NC(C)(C)C)[C@H](C)CC(C)(C)C. The van der Waals surface area contributed by atoms with Gasteiger partial charge >= 0.3 is 0 Å². The van der Waals surface area contributed by atoms with Crippen molar-refractivity contribution >= 4 is 0 Å². The van der Waals surface area contributed by atoms with Crippen molar-refractivity contribution in [2.45, 2.75) is 113 Å². The molecule has 1 heteroatoms. The second kappa shape index (κ2) is 7.99. The van der Waals surface area contributed by atoms with Crippen LogP contribution in [0.15, 0.2) is 0 Å². The van der Waals surface area contributed by atoms with Crippen LogP contribution in [0, 0.1) is 16.7 Å². The summed E-state index contributed by atoms with van der Waals surface area (Å²) in [6.07, 6.45) is 6.50. The van der Waals surface area contributed by atoms with Crippen LogP contribution in [0.1, 0.15) is 101 Å². The Hall–Kier alpha value is -0.0400. The molecule has 0 rings (SSSR count). The maximum absolute atomic E-state index is 3.93. The molecule has 0 aliphatic rings. The summed E-state index contributed by atoms with van der Waals surface area (Å²) in [6, 6.07) is 0.612. The highest BCUT2D eigenvalue weighted by atomic mass is 15.0. The van der Waals surface area contributed by atoms with Gasteiger partial charge in [-0.2, -0.15) is 0 Å². The molecule has 2 unspecified atom stereocenters. The van der Waals surface area contributed by atoms with Gasteiger partial charge in [0, 0.05) is 11.6 Å². The van der Waals surface area contributed by atoms with E-state index in [-0.39, 0.29) is 5.54 Å². The predicted octanol–water partition coefficient (Wildman–Crippen LogP) is 6.42. The average molecular weight is 298 g/mol. The summed E-state index contributed by atoms with van der Waals surface area (Å²) in [4.78, 5) is 0. The minimum absolute atomic E-state index is 0.192. The van der Waals surface area contributed by atoms with Gasteiger partial charge in [0.1, 0.15) is 0 Å². The van der Waals surface area contributed by atoms with E-state index in [4.69, 9.17) is 0 Å². The average Bonchev–Trinajstić information content (AvgIpc) is 2.24. The van der Waals surface area contributed by atoms with Crippen molar-refractivity contribution in [3.63, 3.8) is 0 Å². The molecule has 1 N–H and O–H groups in total. The molecule has 0 aliphatic heterocycles. The molecule has 0 spiro atoms. The first-order valence-electron chi connectivity index (χ1n) is 9.09. The van der Waals surface area contributed by atoms with Crippen LogP contribution in [0.4, 0.5) is 0 Å². The fourth-order valence-corrected chi connectivity index (χ4v) is 3.62. The molecule has 0 saturated heterocycles. The number of hydrogen-bond donors (Lipinski definition) is 1. The molecule has 128 valence electrons. The van der Waals surface area contributed by atoms with Gasteiger partial charge in [-0.05, 0) is 56.8 Å². The zero-order valence-corrected chi connectivity index (χ0v) is 16.7. The van der Waals surface area contributed by atoms with Gasteiger partial charge in [-0.3, -0.25) is 0 Å². The van der Waals surface area contributed by atoms with Crippen molar-refractivity contribution < 1.29 is 0 Å². The van der Waals surface area contributed by atoms with E-state index in [0.717, 1.165) is 0 Å². The van der Waals surface area contributed by atoms with Gasteiger partial charge < -0.3 is 5.32 Å². The van der Waals surface area contributed by atoms with E-state index >= 15 is 0 Å². The summed E-state index contributed by atoms with van der Waals surface area (Å²) in [5.41, 5.74) is 1.08. The van der Waals surface area contributed by atoms with Gasteiger partial charge in [-0.15, -0.1) is 0 Å². The smallest absolute Gasteiger partial charge is 0.0103 e. The van der Waals surface area contributed by atoms with Crippen molar-refractivity contribution in [2.24, 2.45) is 16.7 Å². The Kier molecular flexibility index (Phi) is 7.98. The fourth-order valence-electron chi connectivity index (χ4n) is 3.62. The van der Waals surface area contributed by atoms with Crippen molar-refractivity contribution in [1.82, 2.24) is 5.32 Å². The van der Waals surface area contributed by atoms with Gasteiger partial charge in [0.05, 0.1) is 0 Å². The standard InChI is InChI=1S/C20H43N/c1-11-13-20(10,12-2)15-17(21-19(7,8)9)16(3)14-18(4,5)6/h16-17,21H,11-15H2,1-10H3/t16-,17?,20?/m1/s1. The summed E-state index contributed by atoms with van der Waals surface area (Å²) in [5, 5.41) is 3.93. The van der Waals surface area contributed by atoms with E-state index in [1.807, 2.05) is 0 Å². The van der Waals surface area contributed by atoms with Crippen molar-refractivity contribution in [1.29, 1.82) is 0 Å². The van der Waals surface area contributed by atoms with Crippen molar-refractivity contribution in [3.8, 4) is 0 Å². The summed E-state index contributed by atoms with van der Waals surface area (Å²) in [7, 11) is 0. The highest BCUT2D eigenvalue weighted by Gasteiger charge is 2.32. The van der Waals surface area contributed by atoms with Crippen LogP contribution in [-0.4, -0.2) is 11.6 Å². The van der Waals surface area contributed by atoms with E-state index in [1.165, 1.54) is 32.1 Å². The van der Waals surface area contributed by atoms with Crippen LogP contribution in [0.5, 0.6) is 0 Å². The van der Waals surface area contributed by atoms with Gasteiger partial charge in [0.15, 0.2) is 0 Å². The molecule has 21 heavy (non-hydrogen) atoms. The quantitative estimate of drug-likeness (QED) is 0.545. The first-order chi connectivity index (χ1) is 9.32. The molecule has 0 aromatic rings. The highest BCUT2D eigenvalue weighted by molar-refractivity contribution is 4.88. The zero-order chi connectivity index (χ0) is 16.9. The highest BCUT2D eigenvalue weighted by Crippen LogP contribution is 2.37. The molecule has 0 aliphatic carbocycles. The molecule has 0 heterocycles. The third-order valence-corrected chi connectivity index (χ3v) is 4.66. The molecular formula is C20H43N. The molecule has 0 bridgehead atoms. The van der Waals surface area contributed by atoms with E-state index in [1.54, 1.807) is 0 Å². The van der Waals surface area contributed by atoms with Gasteiger partial charge in [0.25, 0.3) is 0 Å². The lowest BCUT2D eigenvalue weighted by atomic mass is 9.72. The summed E-state index contributed by atoms with van der Waals surface area (Å²) in [6.45, 7) is 23.6. The van der Waals surface area contributed by atoms with Gasteiger partial charge in [-0.25, -0.2) is 0 Å². The van der Waals surface area contributed by atoms with Gasteiger partial charge in [-0.1, -0.05) is 61.3 Å². The van der Waals surface area contributed by atoms with E-state index < -0.39 is 0 Å². The number of rotatable bonds is 8. The lowest BCUT2D eigenvalue weighted by Crippen LogP contribution is -2.49. The second-order valence-corrected chi connectivity index (χ2v) is 9.86. The Balaban J connectivity index is 5.05.